The van der Waals surface area contributed by atoms with Crippen molar-refractivity contribution < 1.29 is 18.7 Å². The van der Waals surface area contributed by atoms with Gasteiger partial charge >= 0.3 is 6.08 Å². The lowest BCUT2D eigenvalue weighted by Crippen LogP contribution is -1.98. The molecular weight excluding hydrogens is 213 g/mol. The Morgan fingerprint density at radius 2 is 2.19 bits per heavy atom. The molecule has 0 spiro atoms. The van der Waals surface area contributed by atoms with Crippen LogP contribution in [0.4, 0.5) is 4.39 Å². The highest BCUT2D eigenvalue weighted by Crippen LogP contribution is 2.13. The van der Waals surface area contributed by atoms with Gasteiger partial charge in [0.1, 0.15) is 24.4 Å². The summed E-state index contributed by atoms with van der Waals surface area (Å²) in [6.07, 6.45) is 1.31. The first-order chi connectivity index (χ1) is 7.79. The highest BCUT2D eigenvalue weighted by atomic mass is 19.1. The fraction of sp³-hybridized carbons (Fsp3) is 0.182. The summed E-state index contributed by atoms with van der Waals surface area (Å²) in [5.74, 6) is -0.337. The highest BCUT2D eigenvalue weighted by Gasteiger charge is 2.06. The molecule has 1 aromatic heterocycles. The van der Waals surface area contributed by atoms with Crippen LogP contribution in [0.15, 0.2) is 34.9 Å². The van der Waals surface area contributed by atoms with Gasteiger partial charge in [-0.3, -0.25) is 0 Å². The Morgan fingerprint density at radius 1 is 1.38 bits per heavy atom. The Bertz CT molecular complexity index is 470. The lowest BCUT2D eigenvalue weighted by molar-refractivity contribution is 0.216. The molecule has 2 rings (SSSR count). The molecule has 0 saturated carbocycles. The second-order valence-corrected chi connectivity index (χ2v) is 3.14. The van der Waals surface area contributed by atoms with Crippen molar-refractivity contribution >= 4 is 0 Å². The van der Waals surface area contributed by atoms with E-state index in [9.17, 15) is 4.39 Å². The lowest BCUT2D eigenvalue weighted by Gasteiger charge is -2.02. The Hall–Kier alpha value is -1.88. The number of benzene rings is 1. The quantitative estimate of drug-likeness (QED) is 0.859. The summed E-state index contributed by atoms with van der Waals surface area (Å²) in [4.78, 5) is 3.81. The molecule has 0 aliphatic heterocycles. The predicted molar refractivity (Wildman–Crippen MR) is 53.2 cm³/mol. The van der Waals surface area contributed by atoms with Crippen LogP contribution < -0.4 is 4.74 Å². The van der Waals surface area contributed by atoms with Crippen LogP contribution >= 0.6 is 0 Å². The molecular formula is C11H10FNO3. The van der Waals surface area contributed by atoms with Crippen molar-refractivity contribution in [2.45, 2.75) is 13.2 Å². The van der Waals surface area contributed by atoms with Crippen LogP contribution in [-0.4, -0.2) is 10.1 Å². The molecule has 16 heavy (non-hydrogen) atoms. The van der Waals surface area contributed by atoms with Crippen LogP contribution in [-0.2, 0) is 13.2 Å². The molecule has 1 N–H and O–H groups in total. The third-order valence-corrected chi connectivity index (χ3v) is 2.00. The van der Waals surface area contributed by atoms with Crippen LogP contribution in [0.1, 0.15) is 11.3 Å². The maximum absolute atomic E-state index is 13.2. The van der Waals surface area contributed by atoms with Gasteiger partial charge in [0.05, 0.1) is 6.61 Å². The van der Waals surface area contributed by atoms with Gasteiger partial charge in [0.15, 0.2) is 0 Å². The largest absolute Gasteiger partial charge is 0.445 e. The van der Waals surface area contributed by atoms with Crippen molar-refractivity contribution in [2.75, 3.05) is 0 Å². The Balaban J connectivity index is 1.99. The van der Waals surface area contributed by atoms with Gasteiger partial charge in [-0.1, -0.05) is 18.2 Å². The fourth-order valence-corrected chi connectivity index (χ4v) is 1.18. The first-order valence-electron chi connectivity index (χ1n) is 4.71. The van der Waals surface area contributed by atoms with Gasteiger partial charge in [-0.15, -0.1) is 0 Å². The van der Waals surface area contributed by atoms with Crippen molar-refractivity contribution in [1.82, 2.24) is 4.98 Å². The van der Waals surface area contributed by atoms with E-state index in [2.05, 4.69) is 4.98 Å². The zero-order chi connectivity index (χ0) is 11.4. The minimum Gasteiger partial charge on any atom is -0.445 e. The summed E-state index contributed by atoms with van der Waals surface area (Å²) in [5.41, 5.74) is 0.801. The van der Waals surface area contributed by atoms with E-state index in [1.54, 1.807) is 18.2 Å². The first kappa shape index (κ1) is 10.6. The van der Waals surface area contributed by atoms with E-state index in [-0.39, 0.29) is 25.1 Å². The Morgan fingerprint density at radius 3 is 2.88 bits per heavy atom. The van der Waals surface area contributed by atoms with Crippen LogP contribution in [0.3, 0.4) is 0 Å². The minimum absolute atomic E-state index is 0.0207. The molecule has 0 saturated heterocycles. The molecule has 0 amide bonds. The standard InChI is InChI=1S/C11H10FNO3/c12-10-4-2-1-3-8(10)6-15-11-13-9(5-14)7-16-11/h1-4,7,14H,5-6H2. The van der Waals surface area contributed by atoms with Crippen LogP contribution in [0, 0.1) is 5.82 Å². The molecule has 4 nitrogen and oxygen atoms in total. The van der Waals surface area contributed by atoms with Crippen LogP contribution in [0.25, 0.3) is 0 Å². The van der Waals surface area contributed by atoms with Gasteiger partial charge in [0, 0.05) is 5.56 Å². The molecule has 0 aliphatic rings. The Labute approximate surface area is 91.3 Å². The van der Waals surface area contributed by atoms with E-state index >= 15 is 0 Å². The summed E-state index contributed by atoms with van der Waals surface area (Å²) in [7, 11) is 0. The summed E-state index contributed by atoms with van der Waals surface area (Å²) >= 11 is 0. The van der Waals surface area contributed by atoms with E-state index in [0.29, 0.717) is 11.3 Å². The van der Waals surface area contributed by atoms with Gasteiger partial charge in [0.25, 0.3) is 0 Å². The molecule has 0 atom stereocenters. The second kappa shape index (κ2) is 4.76. The maximum atomic E-state index is 13.2. The number of hydrogen-bond acceptors (Lipinski definition) is 4. The number of nitrogens with zero attached hydrogens (tertiary/aromatic N) is 1. The molecule has 84 valence electrons. The normalized spacial score (nSPS) is 10.4. The van der Waals surface area contributed by atoms with Gasteiger partial charge < -0.3 is 14.3 Å². The molecule has 2 aromatic rings. The zero-order valence-corrected chi connectivity index (χ0v) is 8.39. The summed E-state index contributed by atoms with van der Waals surface area (Å²) in [5, 5.41) is 8.74. The van der Waals surface area contributed by atoms with E-state index < -0.39 is 0 Å². The molecule has 0 fully saturated rings. The van der Waals surface area contributed by atoms with Crippen LogP contribution in [0.2, 0.25) is 0 Å². The third kappa shape index (κ3) is 2.38. The van der Waals surface area contributed by atoms with Gasteiger partial charge in [-0.2, -0.15) is 4.98 Å². The van der Waals surface area contributed by atoms with E-state index in [1.807, 2.05) is 0 Å². The number of ether oxygens (including phenoxy) is 1. The van der Waals surface area contributed by atoms with Crippen molar-refractivity contribution in [3.8, 4) is 6.08 Å². The molecule has 0 aliphatic carbocycles. The Kier molecular flexibility index (Phi) is 3.16. The molecule has 0 bridgehead atoms. The zero-order valence-electron chi connectivity index (χ0n) is 8.39. The number of aromatic nitrogens is 1. The topological polar surface area (TPSA) is 55.5 Å². The van der Waals surface area contributed by atoms with E-state index in [0.717, 1.165) is 0 Å². The number of oxazole rings is 1. The summed E-state index contributed by atoms with van der Waals surface area (Å²) in [6, 6.07) is 6.29. The first-order valence-corrected chi connectivity index (χ1v) is 4.71. The van der Waals surface area contributed by atoms with Crippen molar-refractivity contribution in [3.05, 3.63) is 47.6 Å². The second-order valence-electron chi connectivity index (χ2n) is 3.14. The van der Waals surface area contributed by atoms with E-state index in [4.69, 9.17) is 14.3 Å². The molecule has 0 unspecified atom stereocenters. The lowest BCUT2D eigenvalue weighted by atomic mass is 10.2. The van der Waals surface area contributed by atoms with Crippen molar-refractivity contribution in [1.29, 1.82) is 0 Å². The minimum atomic E-state index is -0.337. The molecule has 1 heterocycles. The van der Waals surface area contributed by atoms with Crippen LogP contribution in [0.5, 0.6) is 6.08 Å². The van der Waals surface area contributed by atoms with Crippen molar-refractivity contribution in [3.63, 3.8) is 0 Å². The van der Waals surface area contributed by atoms with Gasteiger partial charge in [-0.25, -0.2) is 4.39 Å². The number of aliphatic hydroxyl groups excluding tert-OH is 1. The number of aliphatic hydroxyl groups is 1. The molecule has 1 aromatic carbocycles. The summed E-state index contributed by atoms with van der Waals surface area (Å²) < 4.78 is 23.2. The smallest absolute Gasteiger partial charge is 0.394 e. The van der Waals surface area contributed by atoms with E-state index in [1.165, 1.54) is 12.3 Å². The summed E-state index contributed by atoms with van der Waals surface area (Å²) in [6.45, 7) is -0.176. The maximum Gasteiger partial charge on any atom is 0.394 e. The fourth-order valence-electron chi connectivity index (χ4n) is 1.18. The average molecular weight is 223 g/mol. The number of halogens is 1. The number of hydrogen-bond donors (Lipinski definition) is 1. The number of rotatable bonds is 4. The average Bonchev–Trinajstić information content (AvgIpc) is 2.76. The molecule has 0 radical (unpaired) electrons. The molecule has 5 heteroatoms. The predicted octanol–water partition coefficient (Wildman–Crippen LogP) is 1.89. The monoisotopic (exact) mass is 223 g/mol. The third-order valence-electron chi connectivity index (χ3n) is 2.00. The van der Waals surface area contributed by atoms with Crippen molar-refractivity contribution in [2.24, 2.45) is 0 Å². The SMILES string of the molecule is OCc1coc(OCc2ccccc2F)n1. The highest BCUT2D eigenvalue weighted by molar-refractivity contribution is 5.16. The van der Waals surface area contributed by atoms with Gasteiger partial charge in [-0.05, 0) is 6.07 Å². The van der Waals surface area contributed by atoms with Gasteiger partial charge in [0.2, 0.25) is 0 Å².